The number of halogens is 2. The van der Waals surface area contributed by atoms with Gasteiger partial charge in [0.05, 0.1) is 17.5 Å². The Morgan fingerprint density at radius 2 is 2.06 bits per heavy atom. The van der Waals surface area contributed by atoms with Crippen LogP contribution in [0.3, 0.4) is 0 Å². The predicted octanol–water partition coefficient (Wildman–Crippen LogP) is 2.41. The first-order chi connectivity index (χ1) is 14.6. The van der Waals surface area contributed by atoms with Gasteiger partial charge in [-0.3, -0.25) is 10.2 Å². The van der Waals surface area contributed by atoms with Gasteiger partial charge in [-0.15, -0.1) is 0 Å². The number of guanidine groups is 1. The zero-order valence-electron chi connectivity index (χ0n) is 16.7. The molecular weight excluding hydrogens is 428 g/mol. The first kappa shape index (κ1) is 21.2. The van der Waals surface area contributed by atoms with Crippen molar-refractivity contribution < 1.29 is 22.0 Å². The van der Waals surface area contributed by atoms with Crippen LogP contribution in [0.15, 0.2) is 36.5 Å². The van der Waals surface area contributed by atoms with Crippen LogP contribution in [-0.4, -0.2) is 41.9 Å². The molecule has 1 aromatic heterocycles. The van der Waals surface area contributed by atoms with Crippen molar-refractivity contribution in [3.05, 3.63) is 59.4 Å². The molecule has 1 atom stereocenters. The Labute approximate surface area is 178 Å². The third-order valence-corrected chi connectivity index (χ3v) is 7.30. The smallest absolute Gasteiger partial charge is 0.274 e. The van der Waals surface area contributed by atoms with Crippen LogP contribution in [0.5, 0.6) is 0 Å². The summed E-state index contributed by atoms with van der Waals surface area (Å²) < 4.78 is 54.4. The highest BCUT2D eigenvalue weighted by Crippen LogP contribution is 2.35. The van der Waals surface area contributed by atoms with Crippen molar-refractivity contribution in [1.29, 1.82) is 5.41 Å². The average molecular weight is 449 g/mol. The number of nitrogens with zero attached hydrogens (tertiary/aromatic N) is 2. The molecule has 0 unspecified atom stereocenters. The largest absolute Gasteiger partial charge is 0.345 e. The van der Waals surface area contributed by atoms with Gasteiger partial charge in [-0.05, 0) is 56.0 Å². The van der Waals surface area contributed by atoms with Crippen LogP contribution in [0.25, 0.3) is 0 Å². The summed E-state index contributed by atoms with van der Waals surface area (Å²) in [5, 5.41) is 13.6. The maximum Gasteiger partial charge on any atom is 0.274 e. The molecule has 1 aromatic carbocycles. The Balaban J connectivity index is 1.59. The quantitative estimate of drug-likeness (QED) is 0.649. The molecule has 31 heavy (non-hydrogen) atoms. The fourth-order valence-corrected chi connectivity index (χ4v) is 5.43. The fourth-order valence-electron chi connectivity index (χ4n) is 3.56. The molecule has 1 saturated carbocycles. The molecule has 1 aliphatic carbocycles. The Kier molecular flexibility index (Phi) is 5.16. The van der Waals surface area contributed by atoms with Crippen LogP contribution in [0.1, 0.15) is 35.8 Å². The van der Waals surface area contributed by atoms with E-state index in [1.165, 1.54) is 25.1 Å². The lowest BCUT2D eigenvalue weighted by atomic mass is 9.93. The van der Waals surface area contributed by atoms with Crippen molar-refractivity contribution in [2.75, 3.05) is 17.6 Å². The van der Waals surface area contributed by atoms with Crippen LogP contribution in [0.2, 0.25) is 0 Å². The summed E-state index contributed by atoms with van der Waals surface area (Å²) in [4.78, 5) is 16.0. The minimum absolute atomic E-state index is 0.00300. The number of carbonyl (C=O) groups is 1. The van der Waals surface area contributed by atoms with Gasteiger partial charge in [0.25, 0.3) is 5.91 Å². The molecule has 1 amide bonds. The van der Waals surface area contributed by atoms with Gasteiger partial charge in [-0.1, -0.05) is 0 Å². The topological polar surface area (TPSA) is 115 Å². The van der Waals surface area contributed by atoms with Gasteiger partial charge >= 0.3 is 0 Å². The molecule has 2 aliphatic rings. The minimum atomic E-state index is -3.84. The number of hydrogen-bond acceptors (Lipinski definition) is 5. The Hall–Kier alpha value is -3.08. The van der Waals surface area contributed by atoms with E-state index < -0.39 is 38.9 Å². The van der Waals surface area contributed by atoms with E-state index in [4.69, 9.17) is 5.41 Å². The molecule has 2 aromatic rings. The molecule has 164 valence electrons. The van der Waals surface area contributed by atoms with Crippen molar-refractivity contribution in [2.24, 2.45) is 5.92 Å². The maximum absolute atomic E-state index is 14.7. The average Bonchev–Trinajstić information content (AvgIpc) is 3.50. The standard InChI is InChI=1S/C20H21F2N5O3S/c1-20(11-31(29,30)27(19(23)26-20)10-12-2-3-12)15-8-14(5-6-16(15)22)25-18(28)17-7-4-13(21)9-24-17/h4-9,12H,2-3,10-11H2,1H3,(H2,23,26)(H,25,28)/t20-/m0/s1. The van der Waals surface area contributed by atoms with Gasteiger partial charge in [0.1, 0.15) is 17.3 Å². The molecule has 8 nitrogen and oxygen atoms in total. The number of benzene rings is 1. The first-order valence-electron chi connectivity index (χ1n) is 9.67. The first-order valence-corrected chi connectivity index (χ1v) is 11.3. The second-order valence-electron chi connectivity index (χ2n) is 8.05. The van der Waals surface area contributed by atoms with Crippen LogP contribution in [-0.2, 0) is 15.6 Å². The third-order valence-electron chi connectivity index (χ3n) is 5.35. The van der Waals surface area contributed by atoms with Crippen molar-refractivity contribution >= 4 is 27.6 Å². The number of hydrogen-bond donors (Lipinski definition) is 3. The summed E-state index contributed by atoms with van der Waals surface area (Å²) in [5.41, 5.74) is -1.24. The zero-order chi connectivity index (χ0) is 22.4. The van der Waals surface area contributed by atoms with Gasteiger partial charge in [-0.2, -0.15) is 0 Å². The molecular formula is C20H21F2N5O3S. The van der Waals surface area contributed by atoms with Crippen molar-refractivity contribution in [2.45, 2.75) is 25.3 Å². The number of carbonyl (C=O) groups excluding carboxylic acids is 1. The lowest BCUT2D eigenvalue weighted by Gasteiger charge is -2.41. The van der Waals surface area contributed by atoms with Gasteiger partial charge < -0.3 is 10.6 Å². The molecule has 1 saturated heterocycles. The summed E-state index contributed by atoms with van der Waals surface area (Å²) in [6, 6.07) is 6.06. The molecule has 0 radical (unpaired) electrons. The lowest BCUT2D eigenvalue weighted by molar-refractivity contribution is 0.102. The summed E-state index contributed by atoms with van der Waals surface area (Å²) >= 11 is 0. The van der Waals surface area contributed by atoms with E-state index in [1.807, 2.05) is 0 Å². The van der Waals surface area contributed by atoms with Gasteiger partial charge in [0.2, 0.25) is 16.0 Å². The number of sulfonamides is 1. The van der Waals surface area contributed by atoms with Gasteiger partial charge in [0.15, 0.2) is 0 Å². The third kappa shape index (κ3) is 4.36. The summed E-state index contributed by atoms with van der Waals surface area (Å²) in [6.07, 6.45) is 2.76. The normalized spacial score (nSPS) is 22.7. The Morgan fingerprint density at radius 3 is 2.68 bits per heavy atom. The molecule has 2 fully saturated rings. The van der Waals surface area contributed by atoms with E-state index in [1.54, 1.807) is 0 Å². The predicted molar refractivity (Wildman–Crippen MR) is 110 cm³/mol. The summed E-state index contributed by atoms with van der Waals surface area (Å²) in [6.45, 7) is 1.74. The summed E-state index contributed by atoms with van der Waals surface area (Å²) in [5.74, 6) is -2.39. The fraction of sp³-hybridized carbons (Fsp3) is 0.350. The number of nitrogens with one attached hydrogen (secondary N) is 3. The van der Waals surface area contributed by atoms with Crippen LogP contribution in [0, 0.1) is 23.0 Å². The highest BCUT2D eigenvalue weighted by Gasteiger charge is 2.46. The van der Waals surface area contributed by atoms with Crippen LogP contribution in [0.4, 0.5) is 14.5 Å². The monoisotopic (exact) mass is 449 g/mol. The van der Waals surface area contributed by atoms with Crippen molar-refractivity contribution in [3.8, 4) is 0 Å². The van der Waals surface area contributed by atoms with E-state index in [-0.39, 0.29) is 35.4 Å². The van der Waals surface area contributed by atoms with Crippen LogP contribution >= 0.6 is 0 Å². The molecule has 1 aliphatic heterocycles. The highest BCUT2D eigenvalue weighted by molar-refractivity contribution is 7.89. The SMILES string of the molecule is C[C@@]1(c2cc(NC(=O)c3ccc(F)cn3)ccc2F)CS(=O)(=O)N(CC2CC2)C(=N)N1. The highest BCUT2D eigenvalue weighted by atomic mass is 32.2. The number of pyridine rings is 1. The second kappa shape index (κ2) is 7.56. The van der Waals surface area contributed by atoms with E-state index in [2.05, 4.69) is 15.6 Å². The van der Waals surface area contributed by atoms with Crippen molar-refractivity contribution in [3.63, 3.8) is 0 Å². The molecule has 4 rings (SSSR count). The van der Waals surface area contributed by atoms with Crippen molar-refractivity contribution in [1.82, 2.24) is 14.6 Å². The number of amides is 1. The van der Waals surface area contributed by atoms with E-state index >= 15 is 0 Å². The van der Waals surface area contributed by atoms with E-state index in [9.17, 15) is 22.0 Å². The minimum Gasteiger partial charge on any atom is -0.345 e. The Morgan fingerprint density at radius 1 is 1.32 bits per heavy atom. The zero-order valence-corrected chi connectivity index (χ0v) is 17.5. The van der Waals surface area contributed by atoms with E-state index in [0.717, 1.165) is 35.5 Å². The molecule has 0 spiro atoms. The van der Waals surface area contributed by atoms with Crippen LogP contribution < -0.4 is 10.6 Å². The number of rotatable bonds is 5. The van der Waals surface area contributed by atoms with E-state index in [0.29, 0.717) is 0 Å². The maximum atomic E-state index is 14.7. The second-order valence-corrected chi connectivity index (χ2v) is 9.94. The molecule has 2 heterocycles. The molecule has 3 N–H and O–H groups in total. The lowest BCUT2D eigenvalue weighted by Crippen LogP contribution is -2.62. The molecule has 0 bridgehead atoms. The summed E-state index contributed by atoms with van der Waals surface area (Å²) in [7, 11) is -3.84. The molecule has 11 heteroatoms. The van der Waals surface area contributed by atoms with Gasteiger partial charge in [-0.25, -0.2) is 26.5 Å². The number of aromatic nitrogens is 1. The Bertz CT molecular complexity index is 1150. The number of anilines is 1. The van der Waals surface area contributed by atoms with Gasteiger partial charge in [0, 0.05) is 17.8 Å².